The summed E-state index contributed by atoms with van der Waals surface area (Å²) in [6.45, 7) is 4.67. The smallest absolute Gasteiger partial charge is 0.251 e. The Morgan fingerprint density at radius 1 is 1.28 bits per heavy atom. The molecule has 3 rings (SSSR count). The molecular formula is C12H22ClN3O2. The van der Waals surface area contributed by atoms with Crippen molar-refractivity contribution in [1.29, 1.82) is 0 Å². The van der Waals surface area contributed by atoms with Crippen molar-refractivity contribution in [2.45, 2.75) is 31.1 Å². The lowest BCUT2D eigenvalue weighted by Crippen LogP contribution is -2.50. The number of amides is 1. The van der Waals surface area contributed by atoms with E-state index in [1.165, 1.54) is 0 Å². The fourth-order valence-corrected chi connectivity index (χ4v) is 3.03. The summed E-state index contributed by atoms with van der Waals surface area (Å²) < 4.78 is 5.86. The molecule has 1 N–H and O–H groups in total. The minimum Gasteiger partial charge on any atom is -0.363 e. The Morgan fingerprint density at radius 2 is 2.00 bits per heavy atom. The first kappa shape index (κ1) is 14.1. The van der Waals surface area contributed by atoms with Gasteiger partial charge in [-0.15, -0.1) is 12.4 Å². The lowest BCUT2D eigenvalue weighted by molar-refractivity contribution is -0.144. The second-order valence-corrected chi connectivity index (χ2v) is 5.38. The highest BCUT2D eigenvalue weighted by Gasteiger charge is 2.42. The standard InChI is InChI=1S/C12H21N3O2.ClH/c1-14-4-6-15(7-5-14)12(16)11-8-9-10(17-11)2-3-13-9;/h9-11,13H,2-8H2,1H3;1H/t9-,10-,11+;/m1./s1. The van der Waals surface area contributed by atoms with E-state index in [-0.39, 0.29) is 30.5 Å². The number of hydrogen-bond acceptors (Lipinski definition) is 4. The van der Waals surface area contributed by atoms with Gasteiger partial charge in [-0.2, -0.15) is 0 Å². The van der Waals surface area contributed by atoms with Crippen LogP contribution in [0.25, 0.3) is 0 Å². The van der Waals surface area contributed by atoms with Gasteiger partial charge in [-0.1, -0.05) is 0 Å². The van der Waals surface area contributed by atoms with Crippen LogP contribution in [0.3, 0.4) is 0 Å². The zero-order valence-electron chi connectivity index (χ0n) is 10.8. The molecule has 0 aromatic rings. The maximum absolute atomic E-state index is 12.3. The lowest BCUT2D eigenvalue weighted by Gasteiger charge is -2.33. The summed E-state index contributed by atoms with van der Waals surface area (Å²) >= 11 is 0. The molecule has 104 valence electrons. The molecule has 6 heteroatoms. The minimum atomic E-state index is -0.193. The van der Waals surface area contributed by atoms with E-state index in [2.05, 4.69) is 17.3 Å². The maximum Gasteiger partial charge on any atom is 0.251 e. The first-order valence-corrected chi connectivity index (χ1v) is 6.60. The maximum atomic E-state index is 12.3. The number of nitrogens with zero attached hydrogens (tertiary/aromatic N) is 2. The van der Waals surface area contributed by atoms with E-state index in [0.717, 1.165) is 45.6 Å². The molecule has 5 nitrogen and oxygen atoms in total. The van der Waals surface area contributed by atoms with Crippen molar-refractivity contribution in [3.05, 3.63) is 0 Å². The van der Waals surface area contributed by atoms with Crippen molar-refractivity contribution in [3.63, 3.8) is 0 Å². The minimum absolute atomic E-state index is 0. The van der Waals surface area contributed by atoms with Crippen molar-refractivity contribution >= 4 is 18.3 Å². The van der Waals surface area contributed by atoms with Crippen molar-refractivity contribution in [2.75, 3.05) is 39.8 Å². The van der Waals surface area contributed by atoms with E-state index in [1.807, 2.05) is 4.90 Å². The van der Waals surface area contributed by atoms with E-state index in [0.29, 0.717) is 6.04 Å². The quantitative estimate of drug-likeness (QED) is 0.714. The summed E-state index contributed by atoms with van der Waals surface area (Å²) in [7, 11) is 2.10. The zero-order valence-corrected chi connectivity index (χ0v) is 11.6. The summed E-state index contributed by atoms with van der Waals surface area (Å²) in [5.74, 6) is 0.203. The number of piperazine rings is 1. The van der Waals surface area contributed by atoms with Gasteiger partial charge in [-0.05, 0) is 20.0 Å². The number of carbonyl (C=O) groups excluding carboxylic acids is 1. The Kier molecular flexibility index (Phi) is 4.48. The fraction of sp³-hybridized carbons (Fsp3) is 0.917. The van der Waals surface area contributed by atoms with Crippen LogP contribution >= 0.6 is 12.4 Å². The van der Waals surface area contributed by atoms with E-state index < -0.39 is 0 Å². The van der Waals surface area contributed by atoms with Crippen molar-refractivity contribution < 1.29 is 9.53 Å². The largest absolute Gasteiger partial charge is 0.363 e. The third-order valence-corrected chi connectivity index (χ3v) is 4.18. The Bertz CT molecular complexity index is 296. The predicted octanol–water partition coefficient (Wildman–Crippen LogP) is -0.298. The Morgan fingerprint density at radius 3 is 2.67 bits per heavy atom. The molecule has 0 spiro atoms. The van der Waals surface area contributed by atoms with Crippen LogP contribution < -0.4 is 5.32 Å². The number of rotatable bonds is 1. The summed E-state index contributed by atoms with van der Waals surface area (Å²) in [6, 6.07) is 0.413. The second-order valence-electron chi connectivity index (χ2n) is 5.38. The third-order valence-electron chi connectivity index (χ3n) is 4.18. The van der Waals surface area contributed by atoms with Gasteiger partial charge in [0.2, 0.25) is 0 Å². The normalized spacial score (nSPS) is 36.3. The van der Waals surface area contributed by atoms with Crippen LogP contribution in [0.2, 0.25) is 0 Å². The van der Waals surface area contributed by atoms with Crippen molar-refractivity contribution in [1.82, 2.24) is 15.1 Å². The van der Waals surface area contributed by atoms with Gasteiger partial charge < -0.3 is 19.9 Å². The molecule has 3 heterocycles. The fourth-order valence-electron chi connectivity index (χ4n) is 3.03. The first-order chi connectivity index (χ1) is 8.24. The first-order valence-electron chi connectivity index (χ1n) is 6.60. The van der Waals surface area contributed by atoms with Crippen LogP contribution in [0.1, 0.15) is 12.8 Å². The predicted molar refractivity (Wildman–Crippen MR) is 71.0 cm³/mol. The molecular weight excluding hydrogens is 254 g/mol. The SMILES string of the molecule is CN1CCN(C(=O)[C@@H]2C[C@H]3NCC[C@H]3O2)CC1.Cl. The van der Waals surface area contributed by atoms with E-state index in [1.54, 1.807) is 0 Å². The third kappa shape index (κ3) is 2.64. The van der Waals surface area contributed by atoms with E-state index in [4.69, 9.17) is 4.74 Å². The molecule has 3 saturated heterocycles. The van der Waals surface area contributed by atoms with Gasteiger partial charge in [0, 0.05) is 38.6 Å². The molecule has 18 heavy (non-hydrogen) atoms. The molecule has 3 atom stereocenters. The molecule has 0 radical (unpaired) electrons. The number of likely N-dealkylation sites (N-methyl/N-ethyl adjacent to an activating group) is 1. The molecule has 0 bridgehead atoms. The average Bonchev–Trinajstić information content (AvgIpc) is 2.89. The van der Waals surface area contributed by atoms with Crippen LogP contribution in [0.4, 0.5) is 0 Å². The van der Waals surface area contributed by atoms with Crippen LogP contribution in [-0.4, -0.2) is 73.7 Å². The van der Waals surface area contributed by atoms with Gasteiger partial charge >= 0.3 is 0 Å². The van der Waals surface area contributed by atoms with Crippen LogP contribution in [0.15, 0.2) is 0 Å². The zero-order chi connectivity index (χ0) is 11.8. The van der Waals surface area contributed by atoms with Gasteiger partial charge in [0.15, 0.2) is 0 Å². The molecule has 0 aliphatic carbocycles. The van der Waals surface area contributed by atoms with Gasteiger partial charge in [0.1, 0.15) is 6.10 Å². The van der Waals surface area contributed by atoms with Gasteiger partial charge in [-0.3, -0.25) is 4.79 Å². The highest BCUT2D eigenvalue weighted by molar-refractivity contribution is 5.85. The molecule has 1 amide bonds. The molecule has 0 aromatic carbocycles. The van der Waals surface area contributed by atoms with Gasteiger partial charge in [0.25, 0.3) is 5.91 Å². The molecule has 3 fully saturated rings. The van der Waals surface area contributed by atoms with Crippen LogP contribution in [0.5, 0.6) is 0 Å². The molecule has 0 saturated carbocycles. The van der Waals surface area contributed by atoms with E-state index in [9.17, 15) is 4.79 Å². The van der Waals surface area contributed by atoms with Gasteiger partial charge in [0.05, 0.1) is 6.10 Å². The van der Waals surface area contributed by atoms with Crippen LogP contribution in [-0.2, 0) is 9.53 Å². The topological polar surface area (TPSA) is 44.8 Å². The molecule has 0 unspecified atom stereocenters. The average molecular weight is 276 g/mol. The van der Waals surface area contributed by atoms with E-state index >= 15 is 0 Å². The lowest BCUT2D eigenvalue weighted by atomic mass is 10.1. The molecule has 0 aromatic heterocycles. The van der Waals surface area contributed by atoms with Crippen molar-refractivity contribution in [3.8, 4) is 0 Å². The summed E-state index contributed by atoms with van der Waals surface area (Å²) in [4.78, 5) is 16.5. The van der Waals surface area contributed by atoms with Crippen LogP contribution in [0, 0.1) is 0 Å². The van der Waals surface area contributed by atoms with Crippen molar-refractivity contribution in [2.24, 2.45) is 0 Å². The number of ether oxygens (including phenoxy) is 1. The monoisotopic (exact) mass is 275 g/mol. The highest BCUT2D eigenvalue weighted by atomic mass is 35.5. The summed E-state index contributed by atoms with van der Waals surface area (Å²) in [5.41, 5.74) is 0. The Hall–Kier alpha value is -0.360. The Labute approximate surface area is 114 Å². The number of fused-ring (bicyclic) bond motifs is 1. The number of hydrogen-bond donors (Lipinski definition) is 1. The molecule has 3 aliphatic heterocycles. The summed E-state index contributed by atoms with van der Waals surface area (Å²) in [6.07, 6.45) is 1.99. The molecule has 3 aliphatic rings. The second kappa shape index (κ2) is 5.74. The van der Waals surface area contributed by atoms with Gasteiger partial charge in [-0.25, -0.2) is 0 Å². The number of nitrogens with one attached hydrogen (secondary N) is 1. The number of carbonyl (C=O) groups is 1. The Balaban J connectivity index is 0.00000120. The number of halogens is 1. The highest BCUT2D eigenvalue weighted by Crippen LogP contribution is 2.27. The summed E-state index contributed by atoms with van der Waals surface area (Å²) in [5, 5.41) is 3.41.